The SMILES string of the molecule is COCc1nc(-c2cscn2)sc1C(=O)O. The zero-order chi connectivity index (χ0) is 11.5. The van der Waals surface area contributed by atoms with Crippen molar-refractivity contribution in [3.05, 3.63) is 21.5 Å². The summed E-state index contributed by atoms with van der Waals surface area (Å²) in [6.07, 6.45) is 0. The number of carboxylic acid groups (broad SMARTS) is 1. The van der Waals surface area contributed by atoms with Gasteiger partial charge in [0.05, 0.1) is 17.8 Å². The molecule has 16 heavy (non-hydrogen) atoms. The van der Waals surface area contributed by atoms with Crippen LogP contribution in [0.3, 0.4) is 0 Å². The standard InChI is InChI=1S/C9H8N2O3S2/c1-14-2-5-7(9(12)13)16-8(11-5)6-3-15-4-10-6/h3-4H,2H2,1H3,(H,12,13). The smallest absolute Gasteiger partial charge is 0.347 e. The molecule has 84 valence electrons. The first-order valence-corrected chi connectivity index (χ1v) is 6.08. The van der Waals surface area contributed by atoms with Crippen LogP contribution in [0.25, 0.3) is 10.7 Å². The second kappa shape index (κ2) is 4.69. The molecule has 0 bridgehead atoms. The van der Waals surface area contributed by atoms with E-state index in [0.717, 1.165) is 11.3 Å². The summed E-state index contributed by atoms with van der Waals surface area (Å²) in [5, 5.41) is 11.5. The van der Waals surface area contributed by atoms with Gasteiger partial charge in [-0.05, 0) is 0 Å². The Morgan fingerprint density at radius 2 is 2.44 bits per heavy atom. The van der Waals surface area contributed by atoms with Gasteiger partial charge in [0.2, 0.25) is 0 Å². The molecule has 0 aromatic carbocycles. The summed E-state index contributed by atoms with van der Waals surface area (Å²) in [6.45, 7) is 0.197. The summed E-state index contributed by atoms with van der Waals surface area (Å²) in [6, 6.07) is 0. The fourth-order valence-corrected chi connectivity index (χ4v) is 2.67. The van der Waals surface area contributed by atoms with Crippen molar-refractivity contribution >= 4 is 28.6 Å². The topological polar surface area (TPSA) is 72.3 Å². The van der Waals surface area contributed by atoms with Crippen LogP contribution in [0.5, 0.6) is 0 Å². The molecule has 7 heteroatoms. The molecule has 0 spiro atoms. The van der Waals surface area contributed by atoms with E-state index in [0.29, 0.717) is 16.4 Å². The number of rotatable bonds is 4. The molecule has 0 amide bonds. The molecule has 0 saturated carbocycles. The van der Waals surface area contributed by atoms with Gasteiger partial charge in [0, 0.05) is 12.5 Å². The Balaban J connectivity index is 2.42. The molecule has 0 saturated heterocycles. The van der Waals surface area contributed by atoms with E-state index in [-0.39, 0.29) is 11.5 Å². The van der Waals surface area contributed by atoms with Crippen molar-refractivity contribution in [1.82, 2.24) is 9.97 Å². The molecule has 5 nitrogen and oxygen atoms in total. The Labute approximate surface area is 99.4 Å². The molecule has 0 unspecified atom stereocenters. The van der Waals surface area contributed by atoms with Crippen molar-refractivity contribution in [2.24, 2.45) is 0 Å². The maximum absolute atomic E-state index is 11.0. The monoisotopic (exact) mass is 256 g/mol. The van der Waals surface area contributed by atoms with Crippen molar-refractivity contribution in [3.63, 3.8) is 0 Å². The summed E-state index contributed by atoms with van der Waals surface area (Å²) in [4.78, 5) is 19.5. The maximum atomic E-state index is 11.0. The molecule has 0 aliphatic carbocycles. The van der Waals surface area contributed by atoms with Crippen molar-refractivity contribution in [1.29, 1.82) is 0 Å². The molecule has 1 N–H and O–H groups in total. The third-order valence-corrected chi connectivity index (χ3v) is 3.52. The minimum absolute atomic E-state index is 0.197. The summed E-state index contributed by atoms with van der Waals surface area (Å²) in [7, 11) is 1.51. The van der Waals surface area contributed by atoms with E-state index in [2.05, 4.69) is 9.97 Å². The van der Waals surface area contributed by atoms with E-state index in [1.807, 2.05) is 5.38 Å². The van der Waals surface area contributed by atoms with Crippen LogP contribution in [-0.4, -0.2) is 28.2 Å². The third-order valence-electron chi connectivity index (χ3n) is 1.82. The first-order valence-electron chi connectivity index (χ1n) is 4.33. The fourth-order valence-electron chi connectivity index (χ4n) is 1.18. The highest BCUT2D eigenvalue weighted by atomic mass is 32.1. The van der Waals surface area contributed by atoms with Gasteiger partial charge in [-0.2, -0.15) is 0 Å². The number of ether oxygens (including phenoxy) is 1. The van der Waals surface area contributed by atoms with E-state index in [1.165, 1.54) is 18.4 Å². The van der Waals surface area contributed by atoms with Crippen LogP contribution < -0.4 is 0 Å². The molecule has 0 atom stereocenters. The van der Waals surface area contributed by atoms with Gasteiger partial charge in [-0.1, -0.05) is 0 Å². The summed E-state index contributed by atoms with van der Waals surface area (Å²) in [5.41, 5.74) is 2.84. The van der Waals surface area contributed by atoms with Crippen molar-refractivity contribution < 1.29 is 14.6 Å². The minimum Gasteiger partial charge on any atom is -0.477 e. The van der Waals surface area contributed by atoms with Crippen LogP contribution >= 0.6 is 22.7 Å². The zero-order valence-electron chi connectivity index (χ0n) is 8.34. The van der Waals surface area contributed by atoms with E-state index in [9.17, 15) is 4.79 Å². The summed E-state index contributed by atoms with van der Waals surface area (Å²) in [5.74, 6) is -0.981. The van der Waals surface area contributed by atoms with Gasteiger partial charge in [0.1, 0.15) is 15.6 Å². The maximum Gasteiger partial charge on any atom is 0.347 e. The van der Waals surface area contributed by atoms with Gasteiger partial charge in [-0.15, -0.1) is 22.7 Å². The van der Waals surface area contributed by atoms with Gasteiger partial charge in [0.15, 0.2) is 0 Å². The number of hydrogen-bond acceptors (Lipinski definition) is 6. The van der Waals surface area contributed by atoms with E-state index < -0.39 is 5.97 Å². The Hall–Kier alpha value is -1.31. The number of aromatic carboxylic acids is 1. The van der Waals surface area contributed by atoms with Crippen LogP contribution in [0.4, 0.5) is 0 Å². The molecule has 2 rings (SSSR count). The zero-order valence-corrected chi connectivity index (χ0v) is 9.97. The largest absolute Gasteiger partial charge is 0.477 e. The highest BCUT2D eigenvalue weighted by molar-refractivity contribution is 7.17. The van der Waals surface area contributed by atoms with Gasteiger partial charge in [0.25, 0.3) is 0 Å². The number of aromatic nitrogens is 2. The van der Waals surface area contributed by atoms with Gasteiger partial charge >= 0.3 is 5.97 Å². The third kappa shape index (κ3) is 2.11. The number of nitrogens with zero attached hydrogens (tertiary/aromatic N) is 2. The number of carbonyl (C=O) groups is 1. The molecule has 0 fully saturated rings. The lowest BCUT2D eigenvalue weighted by Crippen LogP contribution is -1.99. The fraction of sp³-hybridized carbons (Fsp3) is 0.222. The number of methoxy groups -OCH3 is 1. The summed E-state index contributed by atoms with van der Waals surface area (Å²) < 4.78 is 4.91. The second-order valence-corrected chi connectivity index (χ2v) is 4.62. The highest BCUT2D eigenvalue weighted by Crippen LogP contribution is 2.28. The molecule has 0 aliphatic heterocycles. The molecule has 2 aromatic rings. The van der Waals surface area contributed by atoms with E-state index in [4.69, 9.17) is 9.84 Å². The van der Waals surface area contributed by atoms with Crippen LogP contribution in [-0.2, 0) is 11.3 Å². The molecule has 2 heterocycles. The predicted molar refractivity (Wildman–Crippen MR) is 60.9 cm³/mol. The lowest BCUT2D eigenvalue weighted by molar-refractivity contribution is 0.0697. The predicted octanol–water partition coefficient (Wildman–Crippen LogP) is 2.11. The van der Waals surface area contributed by atoms with Crippen LogP contribution in [0.15, 0.2) is 10.9 Å². The summed E-state index contributed by atoms with van der Waals surface area (Å²) >= 11 is 2.57. The average molecular weight is 256 g/mol. The lowest BCUT2D eigenvalue weighted by atomic mass is 10.4. The molecule has 0 aliphatic rings. The highest BCUT2D eigenvalue weighted by Gasteiger charge is 2.18. The van der Waals surface area contributed by atoms with E-state index >= 15 is 0 Å². The van der Waals surface area contributed by atoms with Crippen LogP contribution in [0.2, 0.25) is 0 Å². The molecular formula is C9H8N2O3S2. The normalized spacial score (nSPS) is 10.6. The quantitative estimate of drug-likeness (QED) is 0.907. The van der Waals surface area contributed by atoms with Crippen LogP contribution in [0, 0.1) is 0 Å². The Morgan fingerprint density at radius 3 is 3.00 bits per heavy atom. The van der Waals surface area contributed by atoms with Crippen molar-refractivity contribution in [2.75, 3.05) is 7.11 Å². The van der Waals surface area contributed by atoms with Gasteiger partial charge < -0.3 is 9.84 Å². The van der Waals surface area contributed by atoms with Crippen LogP contribution in [0.1, 0.15) is 15.4 Å². The first kappa shape index (κ1) is 11.2. The second-order valence-electron chi connectivity index (χ2n) is 2.91. The minimum atomic E-state index is -0.981. The van der Waals surface area contributed by atoms with Crippen molar-refractivity contribution in [2.45, 2.75) is 6.61 Å². The van der Waals surface area contributed by atoms with E-state index in [1.54, 1.807) is 5.51 Å². The Morgan fingerprint density at radius 1 is 1.62 bits per heavy atom. The Bertz CT molecular complexity index is 493. The van der Waals surface area contributed by atoms with Gasteiger partial charge in [-0.25, -0.2) is 14.8 Å². The number of hydrogen-bond donors (Lipinski definition) is 1. The molecule has 0 radical (unpaired) electrons. The lowest BCUT2D eigenvalue weighted by Gasteiger charge is -1.94. The number of carboxylic acids is 1. The first-order chi connectivity index (χ1) is 7.72. The Kier molecular flexibility index (Phi) is 3.28. The molecule has 2 aromatic heterocycles. The van der Waals surface area contributed by atoms with Gasteiger partial charge in [-0.3, -0.25) is 0 Å². The average Bonchev–Trinajstić information content (AvgIpc) is 2.83. The van der Waals surface area contributed by atoms with Crippen molar-refractivity contribution in [3.8, 4) is 10.7 Å². The molecular weight excluding hydrogens is 248 g/mol. The number of thiazole rings is 2.